The molecule has 1 aliphatic rings. The van der Waals surface area contributed by atoms with E-state index in [9.17, 15) is 9.18 Å². The summed E-state index contributed by atoms with van der Waals surface area (Å²) >= 11 is 0. The minimum absolute atomic E-state index is 0.0697. The zero-order valence-corrected chi connectivity index (χ0v) is 12.0. The molecule has 0 amide bonds. The average Bonchev–Trinajstić information content (AvgIpc) is 2.58. The Bertz CT molecular complexity index is 980. The number of anilines is 1. The Morgan fingerprint density at radius 3 is 2.61 bits per heavy atom. The van der Waals surface area contributed by atoms with E-state index in [2.05, 4.69) is 0 Å². The summed E-state index contributed by atoms with van der Waals surface area (Å²) in [7, 11) is 0. The zero-order valence-electron chi connectivity index (χ0n) is 12.0. The predicted molar refractivity (Wildman–Crippen MR) is 83.3 cm³/mol. The summed E-state index contributed by atoms with van der Waals surface area (Å²) in [6.45, 7) is 0.942. The molecule has 2 N–H and O–H groups in total. The lowest BCUT2D eigenvalue weighted by atomic mass is 10.1. The van der Waals surface area contributed by atoms with Gasteiger partial charge >= 0.3 is 0 Å². The van der Waals surface area contributed by atoms with Crippen molar-refractivity contribution in [3.05, 3.63) is 52.4 Å². The van der Waals surface area contributed by atoms with E-state index in [4.69, 9.17) is 19.6 Å². The third-order valence-electron chi connectivity index (χ3n) is 3.69. The van der Waals surface area contributed by atoms with Crippen molar-refractivity contribution in [1.29, 1.82) is 0 Å². The smallest absolute Gasteiger partial charge is 0.216 e. The summed E-state index contributed by atoms with van der Waals surface area (Å²) in [4.78, 5) is 12.4. The van der Waals surface area contributed by atoms with Gasteiger partial charge in [-0.2, -0.15) is 0 Å². The van der Waals surface area contributed by atoms with E-state index in [1.807, 2.05) is 0 Å². The molecule has 0 aliphatic carbocycles. The molecule has 1 aromatic heterocycles. The molecule has 0 fully saturated rings. The number of nitrogens with two attached hydrogens (primary N) is 1. The summed E-state index contributed by atoms with van der Waals surface area (Å²) in [6, 6.07) is 8.93. The largest absolute Gasteiger partial charge is 0.486 e. The third kappa shape index (κ3) is 2.19. The van der Waals surface area contributed by atoms with Gasteiger partial charge in [-0.1, -0.05) is 0 Å². The first kappa shape index (κ1) is 13.6. The topological polar surface area (TPSA) is 74.7 Å². The molecule has 6 heteroatoms. The van der Waals surface area contributed by atoms with Gasteiger partial charge in [0.25, 0.3) is 0 Å². The molecule has 0 spiro atoms. The maximum absolute atomic E-state index is 13.3. The maximum Gasteiger partial charge on any atom is 0.216 e. The number of halogens is 1. The molecular weight excluding hydrogens is 301 g/mol. The van der Waals surface area contributed by atoms with E-state index < -0.39 is 11.2 Å². The fourth-order valence-corrected chi connectivity index (χ4v) is 2.58. The van der Waals surface area contributed by atoms with Crippen molar-refractivity contribution in [2.75, 3.05) is 18.9 Å². The summed E-state index contributed by atoms with van der Waals surface area (Å²) in [6.07, 6.45) is 0. The highest BCUT2D eigenvalue weighted by molar-refractivity contribution is 5.85. The molecule has 0 bridgehead atoms. The van der Waals surface area contributed by atoms with E-state index in [1.165, 1.54) is 12.1 Å². The molecule has 1 aliphatic heterocycles. The molecule has 4 rings (SSSR count). The molecule has 0 radical (unpaired) electrons. The Morgan fingerprint density at radius 2 is 1.78 bits per heavy atom. The molecule has 23 heavy (non-hydrogen) atoms. The highest BCUT2D eigenvalue weighted by Crippen LogP contribution is 2.36. The monoisotopic (exact) mass is 313 g/mol. The third-order valence-corrected chi connectivity index (χ3v) is 3.69. The fourth-order valence-electron chi connectivity index (χ4n) is 2.58. The Hall–Kier alpha value is -3.02. The van der Waals surface area contributed by atoms with E-state index in [0.717, 1.165) is 6.07 Å². The lowest BCUT2D eigenvalue weighted by molar-refractivity contribution is 0.171. The zero-order chi connectivity index (χ0) is 16.0. The minimum Gasteiger partial charge on any atom is -0.486 e. The Balaban J connectivity index is 1.94. The number of ether oxygens (including phenoxy) is 2. The van der Waals surface area contributed by atoms with E-state index in [1.54, 1.807) is 18.2 Å². The quantitative estimate of drug-likeness (QED) is 0.747. The Kier molecular flexibility index (Phi) is 2.97. The number of nitrogen functional groups attached to an aromatic ring is 1. The first-order valence-corrected chi connectivity index (χ1v) is 7.05. The highest BCUT2D eigenvalue weighted by Gasteiger charge is 2.18. The van der Waals surface area contributed by atoms with Crippen molar-refractivity contribution >= 4 is 16.7 Å². The van der Waals surface area contributed by atoms with Crippen molar-refractivity contribution in [2.24, 2.45) is 0 Å². The van der Waals surface area contributed by atoms with Gasteiger partial charge in [0, 0.05) is 5.56 Å². The lowest BCUT2D eigenvalue weighted by Gasteiger charge is -2.19. The fraction of sp³-hybridized carbons (Fsp3) is 0.118. The van der Waals surface area contributed by atoms with Gasteiger partial charge in [0.05, 0.1) is 5.39 Å². The van der Waals surface area contributed by atoms with Crippen LogP contribution in [-0.4, -0.2) is 13.2 Å². The van der Waals surface area contributed by atoms with E-state index in [-0.39, 0.29) is 22.4 Å². The molecule has 0 saturated heterocycles. The standard InChI is InChI=1S/C17H12FNO4/c18-10-2-4-12-11(8-10)16(20)15(19)17(23-12)9-1-3-13-14(7-9)22-6-5-21-13/h1-4,7-8H,5-6,19H2. The second-order valence-corrected chi connectivity index (χ2v) is 5.17. The van der Waals surface area contributed by atoms with Crippen LogP contribution in [-0.2, 0) is 0 Å². The first-order valence-electron chi connectivity index (χ1n) is 7.05. The van der Waals surface area contributed by atoms with Crippen molar-refractivity contribution in [3.8, 4) is 22.8 Å². The average molecular weight is 313 g/mol. The van der Waals surface area contributed by atoms with Crippen LogP contribution in [0.25, 0.3) is 22.3 Å². The van der Waals surface area contributed by atoms with Crippen LogP contribution >= 0.6 is 0 Å². The van der Waals surface area contributed by atoms with Crippen LogP contribution in [0.15, 0.2) is 45.6 Å². The molecule has 0 unspecified atom stereocenters. The van der Waals surface area contributed by atoms with Gasteiger partial charge in [-0.05, 0) is 36.4 Å². The van der Waals surface area contributed by atoms with Gasteiger partial charge in [-0.25, -0.2) is 4.39 Å². The van der Waals surface area contributed by atoms with Crippen LogP contribution in [0.5, 0.6) is 11.5 Å². The van der Waals surface area contributed by atoms with Crippen molar-refractivity contribution in [1.82, 2.24) is 0 Å². The van der Waals surface area contributed by atoms with Gasteiger partial charge in [-0.3, -0.25) is 4.79 Å². The van der Waals surface area contributed by atoms with Gasteiger partial charge < -0.3 is 19.6 Å². The Morgan fingerprint density at radius 1 is 1.00 bits per heavy atom. The molecule has 116 valence electrons. The summed E-state index contributed by atoms with van der Waals surface area (Å²) in [5.41, 5.74) is 6.24. The van der Waals surface area contributed by atoms with Crippen molar-refractivity contribution in [3.63, 3.8) is 0 Å². The molecule has 2 heterocycles. The first-order chi connectivity index (χ1) is 11.1. The lowest BCUT2D eigenvalue weighted by Crippen LogP contribution is -2.15. The normalized spacial score (nSPS) is 13.3. The number of rotatable bonds is 1. The summed E-state index contributed by atoms with van der Waals surface area (Å²) in [5, 5.41) is 0.115. The number of fused-ring (bicyclic) bond motifs is 2. The van der Waals surface area contributed by atoms with Gasteiger partial charge in [0.15, 0.2) is 17.3 Å². The van der Waals surface area contributed by atoms with Crippen molar-refractivity contribution < 1.29 is 18.3 Å². The van der Waals surface area contributed by atoms with Gasteiger partial charge in [0.1, 0.15) is 30.3 Å². The predicted octanol–water partition coefficient (Wildman–Crippen LogP) is 2.95. The highest BCUT2D eigenvalue weighted by atomic mass is 19.1. The molecule has 0 atom stereocenters. The van der Waals surface area contributed by atoms with Crippen LogP contribution < -0.4 is 20.6 Å². The summed E-state index contributed by atoms with van der Waals surface area (Å²) in [5.74, 6) is 0.904. The van der Waals surface area contributed by atoms with Gasteiger partial charge in [-0.15, -0.1) is 0 Å². The van der Waals surface area contributed by atoms with Crippen LogP contribution in [0.1, 0.15) is 0 Å². The Labute approximate surface area is 130 Å². The van der Waals surface area contributed by atoms with Crippen LogP contribution in [0.2, 0.25) is 0 Å². The van der Waals surface area contributed by atoms with Crippen LogP contribution in [0.4, 0.5) is 10.1 Å². The molecule has 2 aromatic carbocycles. The number of benzene rings is 2. The molecule has 3 aromatic rings. The second kappa shape index (κ2) is 5.01. The van der Waals surface area contributed by atoms with Crippen LogP contribution in [0, 0.1) is 5.82 Å². The second-order valence-electron chi connectivity index (χ2n) is 5.17. The number of hydrogen-bond acceptors (Lipinski definition) is 5. The SMILES string of the molecule is Nc1c(-c2ccc3c(c2)OCCO3)oc2ccc(F)cc2c1=O. The van der Waals surface area contributed by atoms with Gasteiger partial charge in [0.2, 0.25) is 5.43 Å². The maximum atomic E-state index is 13.3. The van der Waals surface area contributed by atoms with E-state index in [0.29, 0.717) is 30.3 Å². The summed E-state index contributed by atoms with van der Waals surface area (Å²) < 4.78 is 30.0. The van der Waals surface area contributed by atoms with E-state index >= 15 is 0 Å². The molecule has 0 saturated carbocycles. The molecular formula is C17H12FNO4. The van der Waals surface area contributed by atoms with Crippen LogP contribution in [0.3, 0.4) is 0 Å². The molecule has 5 nitrogen and oxygen atoms in total. The number of hydrogen-bond donors (Lipinski definition) is 1. The minimum atomic E-state index is -0.517. The van der Waals surface area contributed by atoms with Crippen molar-refractivity contribution in [2.45, 2.75) is 0 Å².